The molecule has 4 rings (SSSR count). The molecule has 3 aliphatic heterocycles. The summed E-state index contributed by atoms with van der Waals surface area (Å²) in [7, 11) is 0. The highest BCUT2D eigenvalue weighted by atomic mass is 16.2. The van der Waals surface area contributed by atoms with Gasteiger partial charge in [-0.05, 0) is 31.0 Å². The fourth-order valence-electron chi connectivity index (χ4n) is 5.03. The highest BCUT2D eigenvalue weighted by molar-refractivity contribution is 6.11. The maximum absolute atomic E-state index is 13.6. The second-order valence-corrected chi connectivity index (χ2v) is 9.61. The number of hydrogen-bond donors (Lipinski definition) is 0. The van der Waals surface area contributed by atoms with E-state index >= 15 is 0 Å². The molecule has 0 bridgehead atoms. The summed E-state index contributed by atoms with van der Waals surface area (Å²) in [5.74, 6) is -1.36. The number of likely N-dealkylation sites (tertiary alicyclic amines) is 1. The molecule has 1 aromatic carbocycles. The van der Waals surface area contributed by atoms with Crippen molar-refractivity contribution in [3.8, 4) is 0 Å². The van der Waals surface area contributed by atoms with Crippen LogP contribution in [0, 0.1) is 24.2 Å². The van der Waals surface area contributed by atoms with Gasteiger partial charge >= 0.3 is 0 Å². The van der Waals surface area contributed by atoms with Gasteiger partial charge in [-0.15, -0.1) is 0 Å². The molecule has 5 nitrogen and oxygen atoms in total. The van der Waals surface area contributed by atoms with Crippen LogP contribution in [0.25, 0.3) is 6.08 Å². The molecule has 3 heterocycles. The maximum atomic E-state index is 13.6. The van der Waals surface area contributed by atoms with E-state index in [0.717, 1.165) is 29.7 Å². The van der Waals surface area contributed by atoms with E-state index in [1.807, 2.05) is 58.9 Å². The van der Waals surface area contributed by atoms with Crippen molar-refractivity contribution in [3.63, 3.8) is 0 Å². The summed E-state index contributed by atoms with van der Waals surface area (Å²) in [6, 6.07) is 5.27. The zero-order valence-electron chi connectivity index (χ0n) is 17.9. The standard InChI is InChI=1S/C24H30N2O3/c1-6-7-12-25-22(28)18-17-11-9-15-13-14(2)8-10-16(15)26(17)20(19(18)23(25)29)21(27)24(3,4)5/h8-11,13,17-20H,6-7,12H2,1-5H3/t17-,18+,19-,20-/m1/s1. The van der Waals surface area contributed by atoms with Crippen molar-refractivity contribution in [3.05, 3.63) is 35.4 Å². The molecule has 3 aliphatic rings. The third-order valence-electron chi connectivity index (χ3n) is 6.50. The highest BCUT2D eigenvalue weighted by Crippen LogP contribution is 2.49. The lowest BCUT2D eigenvalue weighted by atomic mass is 9.79. The van der Waals surface area contributed by atoms with E-state index in [1.165, 1.54) is 4.90 Å². The number of imide groups is 1. The molecular formula is C24H30N2O3. The summed E-state index contributed by atoms with van der Waals surface area (Å²) in [6.45, 7) is 10.2. The summed E-state index contributed by atoms with van der Waals surface area (Å²) in [5, 5.41) is 0. The van der Waals surface area contributed by atoms with Gasteiger partial charge in [-0.3, -0.25) is 19.3 Å². The zero-order chi connectivity index (χ0) is 21.1. The van der Waals surface area contributed by atoms with Gasteiger partial charge in [0.25, 0.3) is 0 Å². The number of hydrogen-bond acceptors (Lipinski definition) is 4. The Morgan fingerprint density at radius 2 is 1.79 bits per heavy atom. The minimum absolute atomic E-state index is 0.0234. The average Bonchev–Trinajstić information content (AvgIpc) is 3.12. The highest BCUT2D eigenvalue weighted by Gasteiger charge is 2.64. The number of fused-ring (bicyclic) bond motifs is 5. The first kappa shape index (κ1) is 19.9. The SMILES string of the molecule is CCCCN1C(=O)[C@@H]2[C@@H](C1=O)[C@H](C(=O)C(C)(C)C)N1c3ccc(C)cc3C=C[C@H]21. The van der Waals surface area contributed by atoms with Gasteiger partial charge in [0.1, 0.15) is 6.04 Å². The largest absolute Gasteiger partial charge is 0.353 e. The van der Waals surface area contributed by atoms with Crippen LogP contribution in [0.3, 0.4) is 0 Å². The second-order valence-electron chi connectivity index (χ2n) is 9.61. The van der Waals surface area contributed by atoms with Crippen molar-refractivity contribution in [2.45, 2.75) is 59.5 Å². The van der Waals surface area contributed by atoms with Crippen LogP contribution in [0.2, 0.25) is 0 Å². The molecule has 0 aromatic heterocycles. The number of ketones is 1. The lowest BCUT2D eigenvalue weighted by Gasteiger charge is -2.38. The van der Waals surface area contributed by atoms with E-state index in [1.54, 1.807) is 0 Å². The third-order valence-corrected chi connectivity index (χ3v) is 6.50. The molecule has 2 amide bonds. The molecule has 0 spiro atoms. The number of amides is 2. The number of benzene rings is 1. The molecule has 0 aliphatic carbocycles. The fraction of sp³-hybridized carbons (Fsp3) is 0.542. The molecule has 0 saturated carbocycles. The molecule has 0 N–H and O–H groups in total. The molecule has 5 heteroatoms. The van der Waals surface area contributed by atoms with Gasteiger partial charge in [-0.25, -0.2) is 0 Å². The Morgan fingerprint density at radius 1 is 1.10 bits per heavy atom. The Labute approximate surface area is 172 Å². The number of unbranched alkanes of at least 4 members (excludes halogenated alkanes) is 1. The Morgan fingerprint density at radius 3 is 2.45 bits per heavy atom. The lowest BCUT2D eigenvalue weighted by molar-refractivity contribution is -0.142. The van der Waals surface area contributed by atoms with Crippen molar-refractivity contribution in [1.29, 1.82) is 0 Å². The van der Waals surface area contributed by atoms with Crippen molar-refractivity contribution < 1.29 is 14.4 Å². The molecule has 154 valence electrons. The lowest BCUT2D eigenvalue weighted by Crippen LogP contribution is -2.51. The van der Waals surface area contributed by atoms with Crippen molar-refractivity contribution in [2.75, 3.05) is 11.4 Å². The van der Waals surface area contributed by atoms with Crippen LogP contribution in [0.4, 0.5) is 5.69 Å². The average molecular weight is 395 g/mol. The molecule has 0 radical (unpaired) electrons. The summed E-state index contributed by atoms with van der Waals surface area (Å²) < 4.78 is 0. The van der Waals surface area contributed by atoms with E-state index in [0.29, 0.717) is 6.54 Å². The van der Waals surface area contributed by atoms with Gasteiger partial charge in [0.15, 0.2) is 5.78 Å². The van der Waals surface area contributed by atoms with E-state index in [2.05, 4.69) is 11.0 Å². The van der Waals surface area contributed by atoms with Crippen LogP contribution in [-0.2, 0) is 14.4 Å². The van der Waals surface area contributed by atoms with Crippen LogP contribution in [-0.4, -0.2) is 41.1 Å². The van der Waals surface area contributed by atoms with Gasteiger partial charge < -0.3 is 4.90 Å². The normalized spacial score (nSPS) is 27.9. The first-order chi connectivity index (χ1) is 13.7. The molecule has 0 unspecified atom stereocenters. The van der Waals surface area contributed by atoms with Crippen LogP contribution < -0.4 is 4.90 Å². The third kappa shape index (κ3) is 2.93. The minimum atomic E-state index is -0.612. The number of nitrogens with zero attached hydrogens (tertiary/aromatic N) is 2. The van der Waals surface area contributed by atoms with Gasteiger partial charge in [0, 0.05) is 17.6 Å². The van der Waals surface area contributed by atoms with E-state index in [9.17, 15) is 14.4 Å². The van der Waals surface area contributed by atoms with Gasteiger partial charge in [-0.2, -0.15) is 0 Å². The fourth-order valence-corrected chi connectivity index (χ4v) is 5.03. The quantitative estimate of drug-likeness (QED) is 0.732. The number of carbonyl (C=O) groups is 3. The molecule has 29 heavy (non-hydrogen) atoms. The van der Waals surface area contributed by atoms with Gasteiger partial charge in [-0.1, -0.05) is 57.9 Å². The Hall–Kier alpha value is -2.43. The van der Waals surface area contributed by atoms with Crippen LogP contribution in [0.5, 0.6) is 0 Å². The number of Topliss-reactive ketones (excluding diaryl/α,β-unsaturated/α-hetero) is 1. The topological polar surface area (TPSA) is 57.7 Å². The van der Waals surface area contributed by atoms with Crippen molar-refractivity contribution in [2.24, 2.45) is 17.3 Å². The maximum Gasteiger partial charge on any atom is 0.235 e. The van der Waals surface area contributed by atoms with Gasteiger partial charge in [0.05, 0.1) is 17.9 Å². The smallest absolute Gasteiger partial charge is 0.235 e. The molecule has 2 saturated heterocycles. The Kier molecular flexibility index (Phi) is 4.67. The molecule has 1 aromatic rings. The van der Waals surface area contributed by atoms with Crippen LogP contribution >= 0.6 is 0 Å². The van der Waals surface area contributed by atoms with E-state index < -0.39 is 23.3 Å². The molecular weight excluding hydrogens is 364 g/mol. The second kappa shape index (κ2) is 6.82. The number of carbonyl (C=O) groups excluding carboxylic acids is 3. The van der Waals surface area contributed by atoms with Crippen molar-refractivity contribution in [1.82, 2.24) is 4.90 Å². The number of rotatable bonds is 4. The molecule has 4 atom stereocenters. The summed E-state index contributed by atoms with van der Waals surface area (Å²) in [5.41, 5.74) is 2.52. The Balaban J connectivity index is 1.83. The summed E-state index contributed by atoms with van der Waals surface area (Å²) in [6.07, 6.45) is 5.76. The summed E-state index contributed by atoms with van der Waals surface area (Å²) >= 11 is 0. The number of aryl methyl sites for hydroxylation is 1. The van der Waals surface area contributed by atoms with Gasteiger partial charge in [0.2, 0.25) is 11.8 Å². The summed E-state index contributed by atoms with van der Waals surface area (Å²) in [4.78, 5) is 43.7. The van der Waals surface area contributed by atoms with Crippen molar-refractivity contribution >= 4 is 29.4 Å². The Bertz CT molecular complexity index is 911. The van der Waals surface area contributed by atoms with Crippen LogP contribution in [0.15, 0.2) is 24.3 Å². The molecule has 2 fully saturated rings. The monoisotopic (exact) mass is 394 g/mol. The van der Waals surface area contributed by atoms with Crippen LogP contribution in [0.1, 0.15) is 51.7 Å². The van der Waals surface area contributed by atoms with E-state index in [4.69, 9.17) is 0 Å². The minimum Gasteiger partial charge on any atom is -0.353 e. The predicted molar refractivity (Wildman–Crippen MR) is 113 cm³/mol. The number of anilines is 1. The van der Waals surface area contributed by atoms with E-state index in [-0.39, 0.29) is 23.6 Å². The first-order valence-corrected chi connectivity index (χ1v) is 10.6. The zero-order valence-corrected chi connectivity index (χ0v) is 17.9. The predicted octanol–water partition coefficient (Wildman–Crippen LogP) is 3.60. The first-order valence-electron chi connectivity index (χ1n) is 10.6.